The lowest BCUT2D eigenvalue weighted by molar-refractivity contribution is 0.0525. The van der Waals surface area contributed by atoms with Crippen LogP contribution in [0.4, 0.5) is 0 Å². The molecule has 2 heterocycles. The van der Waals surface area contributed by atoms with Crippen molar-refractivity contribution < 1.29 is 14.3 Å². The average Bonchev–Trinajstić information content (AvgIpc) is 3.00. The molecule has 0 aliphatic rings. The summed E-state index contributed by atoms with van der Waals surface area (Å²) in [6, 6.07) is 3.98. The summed E-state index contributed by atoms with van der Waals surface area (Å²) in [5, 5.41) is 0. The summed E-state index contributed by atoms with van der Waals surface area (Å²) < 4.78 is 5.03. The fourth-order valence-corrected chi connectivity index (χ4v) is 3.07. The molecule has 22 heavy (non-hydrogen) atoms. The van der Waals surface area contributed by atoms with E-state index in [0.717, 1.165) is 4.88 Å². The van der Waals surface area contributed by atoms with E-state index < -0.39 is 5.97 Å². The van der Waals surface area contributed by atoms with Crippen molar-refractivity contribution in [2.75, 3.05) is 6.61 Å². The third kappa shape index (κ3) is 3.36. The zero-order chi connectivity index (χ0) is 16.3. The number of carbonyl (C=O) groups is 2. The Bertz CT molecular complexity index is 737. The maximum absolute atomic E-state index is 12.3. The number of hydrogen-bond donors (Lipinski definition) is 1. The van der Waals surface area contributed by atoms with E-state index in [1.165, 1.54) is 11.0 Å². The van der Waals surface area contributed by atoms with Crippen LogP contribution in [-0.2, 0) is 4.74 Å². The molecule has 2 aromatic heterocycles. The van der Waals surface area contributed by atoms with Crippen molar-refractivity contribution in [3.05, 3.63) is 50.5 Å². The molecular formula is C17H19NO3S. The van der Waals surface area contributed by atoms with Gasteiger partial charge < -0.3 is 9.72 Å². The number of ether oxygens (including phenoxy) is 1. The van der Waals surface area contributed by atoms with E-state index in [9.17, 15) is 9.59 Å². The van der Waals surface area contributed by atoms with E-state index in [2.05, 4.69) is 4.98 Å². The Morgan fingerprint density at radius 3 is 2.59 bits per heavy atom. The van der Waals surface area contributed by atoms with Crippen LogP contribution in [0.5, 0.6) is 0 Å². The lowest BCUT2D eigenvalue weighted by Crippen LogP contribution is -2.07. The predicted octanol–water partition coefficient (Wildman–Crippen LogP) is 4.07. The van der Waals surface area contributed by atoms with Crippen LogP contribution in [0.3, 0.4) is 0 Å². The van der Waals surface area contributed by atoms with Gasteiger partial charge in [-0.05, 0) is 57.5 Å². The third-order valence-corrected chi connectivity index (χ3v) is 4.29. The predicted molar refractivity (Wildman–Crippen MR) is 88.6 cm³/mol. The highest BCUT2D eigenvalue weighted by Gasteiger charge is 2.21. The van der Waals surface area contributed by atoms with Crippen molar-refractivity contribution in [1.29, 1.82) is 0 Å². The van der Waals surface area contributed by atoms with Crippen molar-refractivity contribution in [3.63, 3.8) is 0 Å². The van der Waals surface area contributed by atoms with Gasteiger partial charge in [-0.1, -0.05) is 0 Å². The summed E-state index contributed by atoms with van der Waals surface area (Å²) in [7, 11) is 0. The Kier molecular flexibility index (Phi) is 4.98. The normalized spacial score (nSPS) is 11.1. The van der Waals surface area contributed by atoms with E-state index in [0.29, 0.717) is 29.1 Å². The number of aromatic amines is 1. The highest BCUT2D eigenvalue weighted by atomic mass is 32.1. The Morgan fingerprint density at radius 1 is 1.27 bits per heavy atom. The molecule has 0 bridgehead atoms. The molecule has 0 aliphatic carbocycles. The lowest BCUT2D eigenvalue weighted by Gasteiger charge is -2.01. The average molecular weight is 317 g/mol. The summed E-state index contributed by atoms with van der Waals surface area (Å²) in [5.74, 6) is -0.548. The van der Waals surface area contributed by atoms with Crippen LogP contribution in [0.15, 0.2) is 18.2 Å². The number of carbonyl (C=O) groups excluding carboxylic acids is 2. The summed E-state index contributed by atoms with van der Waals surface area (Å²) in [4.78, 5) is 29.5. The van der Waals surface area contributed by atoms with Crippen LogP contribution in [0.1, 0.15) is 48.8 Å². The first kappa shape index (κ1) is 16.2. The zero-order valence-corrected chi connectivity index (χ0v) is 14.0. The Balaban J connectivity index is 2.25. The van der Waals surface area contributed by atoms with Crippen LogP contribution >= 0.6 is 11.3 Å². The first-order chi connectivity index (χ1) is 10.4. The topological polar surface area (TPSA) is 59.2 Å². The molecular weight excluding hydrogens is 298 g/mol. The first-order valence-electron chi connectivity index (χ1n) is 7.09. The van der Waals surface area contributed by atoms with Crippen molar-refractivity contribution in [3.8, 4) is 0 Å². The number of aromatic nitrogens is 1. The molecule has 0 saturated heterocycles. The van der Waals surface area contributed by atoms with Crippen molar-refractivity contribution >= 4 is 29.2 Å². The van der Waals surface area contributed by atoms with E-state index in [-0.39, 0.29) is 5.78 Å². The molecule has 0 atom stereocenters. The van der Waals surface area contributed by atoms with Gasteiger partial charge in [-0.2, -0.15) is 0 Å². The maximum Gasteiger partial charge on any atom is 0.340 e. The molecule has 0 unspecified atom stereocenters. The number of allylic oxidation sites excluding steroid dienone is 1. The van der Waals surface area contributed by atoms with Crippen molar-refractivity contribution in [1.82, 2.24) is 4.98 Å². The van der Waals surface area contributed by atoms with Gasteiger partial charge in [0.25, 0.3) is 0 Å². The van der Waals surface area contributed by atoms with Gasteiger partial charge in [0.1, 0.15) is 0 Å². The second-order valence-electron chi connectivity index (χ2n) is 4.99. The van der Waals surface area contributed by atoms with Crippen LogP contribution in [0, 0.1) is 20.8 Å². The fraction of sp³-hybridized carbons (Fsp3) is 0.294. The number of nitrogens with one attached hydrogen (secondary N) is 1. The second kappa shape index (κ2) is 6.75. The smallest absolute Gasteiger partial charge is 0.340 e. The molecule has 0 fully saturated rings. The minimum Gasteiger partial charge on any atom is -0.462 e. The van der Waals surface area contributed by atoms with E-state index in [1.54, 1.807) is 38.2 Å². The number of hydrogen-bond acceptors (Lipinski definition) is 4. The van der Waals surface area contributed by atoms with Gasteiger partial charge in [0.15, 0.2) is 0 Å². The second-order valence-corrected chi connectivity index (χ2v) is 6.31. The lowest BCUT2D eigenvalue weighted by atomic mass is 10.1. The van der Waals surface area contributed by atoms with Gasteiger partial charge >= 0.3 is 5.97 Å². The summed E-state index contributed by atoms with van der Waals surface area (Å²) in [6.45, 7) is 7.61. The Labute approximate surface area is 133 Å². The monoisotopic (exact) mass is 317 g/mol. The number of ketones is 1. The standard InChI is InChI=1S/C17H19NO3S/c1-5-21-17(20)15-11(3)16(18-12(15)4)14(19)9-8-13-7-6-10(2)22-13/h6-9,18H,5H2,1-4H3. The SMILES string of the molecule is CCOC(=O)c1c(C)[nH]c(C(=O)C=Cc2ccc(C)s2)c1C. The highest BCUT2D eigenvalue weighted by Crippen LogP contribution is 2.21. The van der Waals surface area contributed by atoms with E-state index in [1.807, 2.05) is 19.1 Å². The summed E-state index contributed by atoms with van der Waals surface area (Å²) >= 11 is 1.63. The summed E-state index contributed by atoms with van der Waals surface area (Å²) in [5.41, 5.74) is 2.17. The van der Waals surface area contributed by atoms with Crippen LogP contribution in [-0.4, -0.2) is 23.3 Å². The van der Waals surface area contributed by atoms with Gasteiger partial charge in [0, 0.05) is 15.4 Å². The van der Waals surface area contributed by atoms with E-state index in [4.69, 9.17) is 4.74 Å². The van der Waals surface area contributed by atoms with Gasteiger partial charge in [-0.15, -0.1) is 11.3 Å². The molecule has 0 aromatic carbocycles. The molecule has 0 spiro atoms. The highest BCUT2D eigenvalue weighted by molar-refractivity contribution is 7.12. The minimum atomic E-state index is -0.398. The Hall–Kier alpha value is -2.14. The molecule has 0 amide bonds. The third-order valence-electron chi connectivity index (χ3n) is 3.32. The number of H-pyrrole nitrogens is 1. The zero-order valence-electron chi connectivity index (χ0n) is 13.1. The number of aryl methyl sites for hydroxylation is 2. The summed E-state index contributed by atoms with van der Waals surface area (Å²) in [6.07, 6.45) is 3.32. The molecule has 2 rings (SSSR count). The molecule has 0 radical (unpaired) electrons. The number of rotatable bonds is 5. The van der Waals surface area contributed by atoms with Crippen LogP contribution in [0.2, 0.25) is 0 Å². The fourth-order valence-electron chi connectivity index (χ4n) is 2.29. The maximum atomic E-state index is 12.3. The molecule has 5 heteroatoms. The van der Waals surface area contributed by atoms with Gasteiger partial charge in [0.05, 0.1) is 17.9 Å². The number of esters is 1. The largest absolute Gasteiger partial charge is 0.462 e. The van der Waals surface area contributed by atoms with Crippen LogP contribution in [0.25, 0.3) is 6.08 Å². The Morgan fingerprint density at radius 2 is 2.00 bits per heavy atom. The van der Waals surface area contributed by atoms with Crippen LogP contribution < -0.4 is 0 Å². The molecule has 0 saturated carbocycles. The molecule has 2 aromatic rings. The van der Waals surface area contributed by atoms with Gasteiger partial charge in [-0.25, -0.2) is 4.79 Å². The van der Waals surface area contributed by atoms with Crippen molar-refractivity contribution in [2.24, 2.45) is 0 Å². The first-order valence-corrected chi connectivity index (χ1v) is 7.90. The molecule has 116 valence electrons. The number of thiophene rings is 1. The quantitative estimate of drug-likeness (QED) is 0.513. The van der Waals surface area contributed by atoms with Crippen molar-refractivity contribution in [2.45, 2.75) is 27.7 Å². The molecule has 0 aliphatic heterocycles. The molecule has 1 N–H and O–H groups in total. The van der Waals surface area contributed by atoms with E-state index >= 15 is 0 Å². The minimum absolute atomic E-state index is 0.151. The van der Waals surface area contributed by atoms with Gasteiger partial charge in [-0.3, -0.25) is 4.79 Å². The van der Waals surface area contributed by atoms with Gasteiger partial charge in [0.2, 0.25) is 5.78 Å². The molecule has 4 nitrogen and oxygen atoms in total.